The Kier molecular flexibility index (Phi) is 9.30. The van der Waals surface area contributed by atoms with Crippen LogP contribution in [0.25, 0.3) is 0 Å². The van der Waals surface area contributed by atoms with Gasteiger partial charge < -0.3 is 0 Å². The van der Waals surface area contributed by atoms with Gasteiger partial charge in [0.25, 0.3) is 0 Å². The van der Waals surface area contributed by atoms with Crippen LogP contribution in [0.15, 0.2) is 200 Å². The minimum atomic E-state index is -2.41. The van der Waals surface area contributed by atoms with Crippen molar-refractivity contribution >= 4 is 70.2 Å². The first-order valence-electron chi connectivity index (χ1n) is 16.4. The first kappa shape index (κ1) is 31.4. The normalized spacial score (nSPS) is 13.1. The van der Waals surface area contributed by atoms with E-state index in [2.05, 4.69) is 214 Å². The quantitative estimate of drug-likeness (QED) is 0.150. The Bertz CT molecular complexity index is 1830. The molecule has 0 unspecified atom stereocenters. The molecule has 0 spiro atoms. The van der Waals surface area contributed by atoms with Crippen LogP contribution in [-0.4, -0.2) is 13.3 Å². The summed E-state index contributed by atoms with van der Waals surface area (Å²) in [5.41, 5.74) is 0. The van der Waals surface area contributed by atoms with Crippen LogP contribution in [0.4, 0.5) is 0 Å². The second-order valence-electron chi connectivity index (χ2n) is 12.4. The van der Waals surface area contributed by atoms with Gasteiger partial charge in [-0.25, -0.2) is 0 Å². The van der Waals surface area contributed by atoms with E-state index >= 15 is 0 Å². The van der Waals surface area contributed by atoms with E-state index in [0.29, 0.717) is 0 Å². The molecule has 232 valence electrons. The summed E-state index contributed by atoms with van der Waals surface area (Å²) in [5, 5.41) is 13.0. The van der Waals surface area contributed by atoms with Gasteiger partial charge in [-0.1, -0.05) is 0 Å². The summed E-state index contributed by atoms with van der Waals surface area (Å²) >= 11 is 0. The Morgan fingerprint density at radius 3 is 0.872 bits per heavy atom. The summed E-state index contributed by atoms with van der Waals surface area (Å²) in [6, 6.07) is 75.1. The van der Waals surface area contributed by atoms with Gasteiger partial charge in [-0.2, -0.15) is 0 Å². The van der Waals surface area contributed by atoms with Crippen LogP contribution in [0.5, 0.6) is 0 Å². The van der Waals surface area contributed by atoms with Crippen molar-refractivity contribution in [2.45, 2.75) is 0 Å². The van der Waals surface area contributed by atoms with Crippen LogP contribution in [-0.2, 0) is 0 Å². The molecule has 0 heterocycles. The van der Waals surface area contributed by atoms with Crippen molar-refractivity contribution < 1.29 is 0 Å². The van der Waals surface area contributed by atoms with Crippen molar-refractivity contribution in [3.05, 3.63) is 200 Å². The molecule has 0 aliphatic carbocycles. The summed E-state index contributed by atoms with van der Waals surface area (Å²) in [6.45, 7) is 5.10. The van der Waals surface area contributed by atoms with Gasteiger partial charge in [0, 0.05) is 0 Å². The third-order valence-corrected chi connectivity index (χ3v) is 21.7. The molecule has 47 heavy (non-hydrogen) atoms. The summed E-state index contributed by atoms with van der Waals surface area (Å²) in [7, 11) is -5.74. The molecule has 0 N–H and O–H groups in total. The van der Waals surface area contributed by atoms with E-state index in [-0.39, 0.29) is 0 Å². The minimum absolute atomic E-state index is 0.908. The molecule has 0 aliphatic heterocycles. The van der Waals surface area contributed by atoms with Crippen LogP contribution in [0.2, 0.25) is 0 Å². The third-order valence-electron chi connectivity index (χ3n) is 9.79. The van der Waals surface area contributed by atoms with Gasteiger partial charge in [-0.05, 0) is 0 Å². The Morgan fingerprint density at radius 1 is 0.298 bits per heavy atom. The van der Waals surface area contributed by atoms with Gasteiger partial charge in [0.1, 0.15) is 0 Å². The van der Waals surface area contributed by atoms with Crippen molar-refractivity contribution in [2.75, 3.05) is 13.3 Å². The molecule has 0 nitrogen and oxygen atoms in total. The summed E-state index contributed by atoms with van der Waals surface area (Å²) < 4.78 is 0. The predicted octanol–water partition coefficient (Wildman–Crippen LogP) is 6.76. The maximum atomic E-state index is 2.55. The van der Waals surface area contributed by atoms with Crippen molar-refractivity contribution in [3.8, 4) is 0 Å². The van der Waals surface area contributed by atoms with E-state index in [9.17, 15) is 0 Å². The first-order valence-corrected chi connectivity index (χ1v) is 22.7. The summed E-state index contributed by atoms with van der Waals surface area (Å²) in [5.74, 6) is 0. The van der Waals surface area contributed by atoms with Gasteiger partial charge in [0.05, 0.1) is 0 Å². The zero-order valence-corrected chi connectivity index (χ0v) is 29.9. The molecule has 0 saturated carbocycles. The molecule has 0 atom stereocenters. The monoisotopic (exact) mass is 662 g/mol. The average molecular weight is 663 g/mol. The van der Waals surface area contributed by atoms with Crippen molar-refractivity contribution in [1.82, 2.24) is 0 Å². The van der Waals surface area contributed by atoms with E-state index in [1.54, 1.807) is 0 Å². The average Bonchev–Trinajstić information content (AvgIpc) is 3.16. The second-order valence-corrected chi connectivity index (χ2v) is 22.5. The van der Waals surface area contributed by atoms with Gasteiger partial charge in [0.2, 0.25) is 0 Å². The van der Waals surface area contributed by atoms with Crippen molar-refractivity contribution in [1.29, 1.82) is 0 Å². The molecule has 7 rings (SSSR count). The predicted molar refractivity (Wildman–Crippen MR) is 217 cm³/mol. The Hall–Kier alpha value is -4.17. The fourth-order valence-electron chi connectivity index (χ4n) is 7.21. The molecule has 0 radical (unpaired) electrons. The fourth-order valence-corrected chi connectivity index (χ4v) is 19.0. The molecule has 3 heteroatoms. The van der Waals surface area contributed by atoms with Crippen molar-refractivity contribution in [2.24, 2.45) is 0 Å². The molecule has 7 aromatic rings. The van der Waals surface area contributed by atoms with Gasteiger partial charge in [-0.15, -0.1) is 0 Å². The zero-order valence-electron chi connectivity index (χ0n) is 27.0. The van der Waals surface area contributed by atoms with Gasteiger partial charge >= 0.3 is 284 Å². The first-order chi connectivity index (χ1) is 23.1. The fraction of sp³-hybridized carbons (Fsp3) is 0.0455. The zero-order chi connectivity index (χ0) is 32.1. The van der Waals surface area contributed by atoms with E-state index in [4.69, 9.17) is 0 Å². The molecule has 0 bridgehead atoms. The molecule has 0 fully saturated rings. The molecule has 0 aromatic heterocycles. The number of rotatable bonds is 9. The van der Waals surface area contributed by atoms with Crippen LogP contribution < -0.4 is 47.7 Å². The Labute approximate surface area is 282 Å². The van der Waals surface area contributed by atoms with Crippen LogP contribution in [0.3, 0.4) is 0 Å². The number of hydrogen-bond acceptors (Lipinski definition) is 0. The van der Waals surface area contributed by atoms with Crippen LogP contribution >= 0.6 is 22.4 Å². The molecule has 0 amide bonds. The standard InChI is InChI=1S/C44H41P3/c1-46(37-24-10-4-11-25-37,38-26-12-5-13-27-38)43-34-20-18-32-41(43)45(36-22-8-3-9-23-36)42-33-19-21-35-44(42)47(2,39-28-14-6-15-29-39)40-30-16-7-17-31-40/h3-35,46-47H,1-2H3. The molecule has 7 aromatic carbocycles. The summed E-state index contributed by atoms with van der Waals surface area (Å²) in [6.07, 6.45) is 0. The molecule has 0 aliphatic rings. The molecule has 0 saturated heterocycles. The summed E-state index contributed by atoms with van der Waals surface area (Å²) in [4.78, 5) is 0. The van der Waals surface area contributed by atoms with Gasteiger partial charge in [-0.3, -0.25) is 0 Å². The van der Waals surface area contributed by atoms with E-state index in [1.807, 2.05) is 0 Å². The van der Waals surface area contributed by atoms with E-state index in [0.717, 1.165) is 0 Å². The van der Waals surface area contributed by atoms with Crippen LogP contribution in [0.1, 0.15) is 0 Å². The second kappa shape index (κ2) is 13.9. The van der Waals surface area contributed by atoms with Gasteiger partial charge in [0.15, 0.2) is 0 Å². The number of hydrogen-bond donors (Lipinski definition) is 0. The topological polar surface area (TPSA) is 0 Å². The van der Waals surface area contributed by atoms with E-state index < -0.39 is 22.4 Å². The Morgan fingerprint density at radius 2 is 0.553 bits per heavy atom. The van der Waals surface area contributed by atoms with Crippen molar-refractivity contribution in [3.63, 3.8) is 0 Å². The number of benzene rings is 7. The molecular weight excluding hydrogens is 621 g/mol. The SMILES string of the molecule is C[PH](c1ccccc1)(c1ccccc1)c1ccccc1P(c1ccccc1)c1ccccc1[PH](C)(c1ccccc1)c1ccccc1. The molecular formula is C44H41P3. The van der Waals surface area contributed by atoms with E-state index in [1.165, 1.54) is 47.7 Å². The Balaban J connectivity index is 1.54. The third kappa shape index (κ3) is 5.93. The van der Waals surface area contributed by atoms with Crippen LogP contribution in [0, 0.1) is 0 Å². The maximum absolute atomic E-state index is 2.55.